The number of carbonyl (C=O) groups is 1. The Morgan fingerprint density at radius 2 is 1.60 bits per heavy atom. The highest BCUT2D eigenvalue weighted by molar-refractivity contribution is 7.92. The van der Waals surface area contributed by atoms with Gasteiger partial charge in [-0.05, 0) is 43.2 Å². The Morgan fingerprint density at radius 3 is 2.13 bits per heavy atom. The van der Waals surface area contributed by atoms with Crippen LogP contribution in [0.15, 0.2) is 42.5 Å². The summed E-state index contributed by atoms with van der Waals surface area (Å²) in [6, 6.07) is 11.3. The predicted octanol–water partition coefficient (Wildman–Crippen LogP) is 2.23. The first-order valence-corrected chi connectivity index (χ1v) is 11.2. The molecular weight excluding hydrogens is 408 g/mol. The molecule has 0 spiro atoms. The van der Waals surface area contributed by atoms with Crippen molar-refractivity contribution in [3.63, 3.8) is 0 Å². The Labute approximate surface area is 177 Å². The highest BCUT2D eigenvalue weighted by Gasteiger charge is 2.31. The summed E-state index contributed by atoms with van der Waals surface area (Å²) >= 11 is 0. The van der Waals surface area contributed by atoms with Gasteiger partial charge in [0.05, 0.1) is 33.3 Å². The molecule has 0 heterocycles. The molecule has 2 rings (SSSR count). The minimum atomic E-state index is -3.78. The van der Waals surface area contributed by atoms with Gasteiger partial charge in [0.1, 0.15) is 23.3 Å². The second-order valence-electron chi connectivity index (χ2n) is 6.66. The molecule has 0 radical (unpaired) electrons. The third-order valence-electron chi connectivity index (χ3n) is 4.58. The smallest absolute Gasteiger partial charge is 0.243 e. The van der Waals surface area contributed by atoms with Crippen LogP contribution in [0.1, 0.15) is 12.5 Å². The maximum Gasteiger partial charge on any atom is 0.243 e. The van der Waals surface area contributed by atoms with Crippen LogP contribution in [-0.2, 0) is 21.2 Å². The van der Waals surface area contributed by atoms with E-state index in [1.54, 1.807) is 19.2 Å². The van der Waals surface area contributed by atoms with Crippen LogP contribution >= 0.6 is 0 Å². The fourth-order valence-electron chi connectivity index (χ4n) is 3.02. The number of ether oxygens (including phenoxy) is 3. The van der Waals surface area contributed by atoms with Crippen molar-refractivity contribution in [1.82, 2.24) is 5.32 Å². The van der Waals surface area contributed by atoms with E-state index in [4.69, 9.17) is 14.2 Å². The van der Waals surface area contributed by atoms with E-state index < -0.39 is 22.0 Å². The zero-order valence-electron chi connectivity index (χ0n) is 17.8. The molecule has 0 aliphatic heterocycles. The lowest BCUT2D eigenvalue weighted by molar-refractivity contribution is -0.121. The molecule has 1 amide bonds. The van der Waals surface area contributed by atoms with Crippen LogP contribution in [0.2, 0.25) is 0 Å². The molecule has 0 saturated heterocycles. The molecule has 0 aliphatic carbocycles. The number of amides is 1. The van der Waals surface area contributed by atoms with E-state index in [0.717, 1.165) is 21.9 Å². The largest absolute Gasteiger partial charge is 0.497 e. The highest BCUT2D eigenvalue weighted by atomic mass is 32.2. The number of nitrogens with zero attached hydrogens (tertiary/aromatic N) is 1. The Morgan fingerprint density at radius 1 is 1.00 bits per heavy atom. The van der Waals surface area contributed by atoms with Gasteiger partial charge in [-0.2, -0.15) is 0 Å². The van der Waals surface area contributed by atoms with Gasteiger partial charge in [0, 0.05) is 12.6 Å². The minimum Gasteiger partial charge on any atom is -0.497 e. The van der Waals surface area contributed by atoms with Crippen molar-refractivity contribution in [3.05, 3.63) is 48.0 Å². The summed E-state index contributed by atoms with van der Waals surface area (Å²) < 4.78 is 41.8. The maximum absolute atomic E-state index is 12.7. The van der Waals surface area contributed by atoms with E-state index in [1.165, 1.54) is 27.2 Å². The van der Waals surface area contributed by atoms with Crippen LogP contribution in [0.3, 0.4) is 0 Å². The van der Waals surface area contributed by atoms with Crippen molar-refractivity contribution in [2.45, 2.75) is 19.4 Å². The average Bonchev–Trinajstić information content (AvgIpc) is 2.73. The van der Waals surface area contributed by atoms with Crippen LogP contribution in [0.5, 0.6) is 17.2 Å². The molecule has 0 fully saturated rings. The zero-order valence-corrected chi connectivity index (χ0v) is 18.7. The van der Waals surface area contributed by atoms with Crippen LogP contribution in [-0.4, -0.2) is 54.5 Å². The number of hydrogen-bond acceptors (Lipinski definition) is 6. The molecule has 8 nitrogen and oxygen atoms in total. The van der Waals surface area contributed by atoms with E-state index >= 15 is 0 Å². The second kappa shape index (κ2) is 10.2. The van der Waals surface area contributed by atoms with Crippen LogP contribution in [0.4, 0.5) is 5.69 Å². The number of sulfonamides is 1. The quantitative estimate of drug-likeness (QED) is 0.614. The molecule has 0 unspecified atom stereocenters. The Bertz CT molecular complexity index is 960. The van der Waals surface area contributed by atoms with Crippen molar-refractivity contribution in [1.29, 1.82) is 0 Å². The molecule has 0 aromatic heterocycles. The van der Waals surface area contributed by atoms with Gasteiger partial charge < -0.3 is 19.5 Å². The number of rotatable bonds is 10. The number of benzene rings is 2. The zero-order chi connectivity index (χ0) is 22.3. The Balaban J connectivity index is 2.16. The fourth-order valence-corrected chi connectivity index (χ4v) is 4.19. The standard InChI is InChI=1S/C21H28N2O6S/c1-15(21(24)22-13-12-16-6-8-17(27-2)9-7-16)23(30(5,25)26)19-14-18(28-3)10-11-20(19)29-4/h6-11,14-15H,12-13H2,1-5H3,(H,22,24)/t15-/m1/s1. The van der Waals surface area contributed by atoms with E-state index in [-0.39, 0.29) is 5.69 Å². The van der Waals surface area contributed by atoms with Crippen molar-refractivity contribution in [2.24, 2.45) is 0 Å². The number of nitrogens with one attached hydrogen (secondary N) is 1. The van der Waals surface area contributed by atoms with Gasteiger partial charge in [-0.3, -0.25) is 9.10 Å². The number of methoxy groups -OCH3 is 3. The molecule has 0 saturated carbocycles. The first kappa shape index (κ1) is 23.3. The fraction of sp³-hybridized carbons (Fsp3) is 0.381. The molecule has 1 atom stereocenters. The molecule has 1 N–H and O–H groups in total. The molecular formula is C21H28N2O6S. The van der Waals surface area contributed by atoms with E-state index in [9.17, 15) is 13.2 Å². The van der Waals surface area contributed by atoms with E-state index in [2.05, 4.69) is 5.32 Å². The predicted molar refractivity (Wildman–Crippen MR) is 116 cm³/mol. The Kier molecular flexibility index (Phi) is 7.93. The molecule has 9 heteroatoms. The minimum absolute atomic E-state index is 0.233. The van der Waals surface area contributed by atoms with Crippen molar-refractivity contribution in [3.8, 4) is 17.2 Å². The lowest BCUT2D eigenvalue weighted by atomic mass is 10.1. The molecule has 164 valence electrons. The van der Waals surface area contributed by atoms with Gasteiger partial charge in [0.15, 0.2) is 0 Å². The summed E-state index contributed by atoms with van der Waals surface area (Å²) in [6.45, 7) is 1.89. The van der Waals surface area contributed by atoms with Gasteiger partial charge in [-0.15, -0.1) is 0 Å². The van der Waals surface area contributed by atoms with Gasteiger partial charge in [0.25, 0.3) is 0 Å². The summed E-state index contributed by atoms with van der Waals surface area (Å²) in [4.78, 5) is 12.7. The summed E-state index contributed by atoms with van der Waals surface area (Å²) in [5.41, 5.74) is 1.26. The second-order valence-corrected chi connectivity index (χ2v) is 8.52. The maximum atomic E-state index is 12.7. The highest BCUT2D eigenvalue weighted by Crippen LogP contribution is 2.35. The summed E-state index contributed by atoms with van der Waals surface area (Å²) in [6.07, 6.45) is 1.65. The average molecular weight is 437 g/mol. The number of carbonyl (C=O) groups excluding carboxylic acids is 1. The van der Waals surface area contributed by atoms with Crippen molar-refractivity contribution >= 4 is 21.6 Å². The molecule has 2 aromatic carbocycles. The summed E-state index contributed by atoms with van der Waals surface area (Å²) in [5.74, 6) is 1.11. The number of hydrogen-bond donors (Lipinski definition) is 1. The topological polar surface area (TPSA) is 94.2 Å². The monoisotopic (exact) mass is 436 g/mol. The first-order valence-electron chi connectivity index (χ1n) is 9.33. The van der Waals surface area contributed by atoms with Crippen molar-refractivity contribution in [2.75, 3.05) is 38.4 Å². The van der Waals surface area contributed by atoms with Gasteiger partial charge in [0.2, 0.25) is 15.9 Å². The first-order chi connectivity index (χ1) is 14.2. The van der Waals surface area contributed by atoms with E-state index in [1.807, 2.05) is 24.3 Å². The molecule has 2 aromatic rings. The van der Waals surface area contributed by atoms with Crippen LogP contribution < -0.4 is 23.8 Å². The SMILES string of the molecule is COc1ccc(CCNC(=O)[C@@H](C)N(c2cc(OC)ccc2OC)S(C)(=O)=O)cc1. The molecule has 30 heavy (non-hydrogen) atoms. The number of anilines is 1. The molecule has 0 bridgehead atoms. The summed E-state index contributed by atoms with van der Waals surface area (Å²) in [5, 5.41) is 2.80. The van der Waals surface area contributed by atoms with Gasteiger partial charge in [-0.1, -0.05) is 12.1 Å². The van der Waals surface area contributed by atoms with Crippen LogP contribution in [0.25, 0.3) is 0 Å². The molecule has 0 aliphatic rings. The van der Waals surface area contributed by atoms with E-state index in [0.29, 0.717) is 24.5 Å². The Hall–Kier alpha value is -2.94. The van der Waals surface area contributed by atoms with Gasteiger partial charge >= 0.3 is 0 Å². The van der Waals surface area contributed by atoms with Crippen LogP contribution in [0, 0.1) is 0 Å². The normalized spacial score (nSPS) is 12.0. The third kappa shape index (κ3) is 5.79. The lowest BCUT2D eigenvalue weighted by Crippen LogP contribution is -2.48. The van der Waals surface area contributed by atoms with Gasteiger partial charge in [-0.25, -0.2) is 8.42 Å². The summed E-state index contributed by atoms with van der Waals surface area (Å²) in [7, 11) is 0.731. The van der Waals surface area contributed by atoms with Crippen molar-refractivity contribution < 1.29 is 27.4 Å². The lowest BCUT2D eigenvalue weighted by Gasteiger charge is -2.29. The third-order valence-corrected chi connectivity index (χ3v) is 5.81.